The standard InChI is InChI=1S/C11H14N2O3S/c1-16-7-2-3-8(9(14)6-7)10(15)13-11-12-4-5-17-11/h2-3,6,11-12,14H,4-5H2,1H3,(H,13,15). The van der Waals surface area contributed by atoms with Crippen LogP contribution in [0, 0.1) is 0 Å². The maximum atomic E-state index is 11.9. The second kappa shape index (κ2) is 5.29. The summed E-state index contributed by atoms with van der Waals surface area (Å²) in [6.45, 7) is 0.879. The van der Waals surface area contributed by atoms with Crippen LogP contribution in [0.2, 0.25) is 0 Å². The maximum absolute atomic E-state index is 11.9. The van der Waals surface area contributed by atoms with Crippen molar-refractivity contribution in [3.05, 3.63) is 23.8 Å². The van der Waals surface area contributed by atoms with Crippen LogP contribution in [0.4, 0.5) is 0 Å². The van der Waals surface area contributed by atoms with E-state index in [9.17, 15) is 9.90 Å². The van der Waals surface area contributed by atoms with Crippen LogP contribution in [0.1, 0.15) is 10.4 Å². The number of methoxy groups -OCH3 is 1. The molecular formula is C11H14N2O3S. The summed E-state index contributed by atoms with van der Waals surface area (Å²) in [6, 6.07) is 4.61. The van der Waals surface area contributed by atoms with Crippen LogP contribution in [0.25, 0.3) is 0 Å². The minimum absolute atomic E-state index is 0.0788. The molecule has 1 atom stereocenters. The summed E-state index contributed by atoms with van der Waals surface area (Å²) in [5, 5.41) is 15.6. The van der Waals surface area contributed by atoms with Crippen LogP contribution in [0.15, 0.2) is 18.2 Å². The number of nitrogens with one attached hydrogen (secondary N) is 2. The summed E-state index contributed by atoms with van der Waals surface area (Å²) < 4.78 is 4.96. The van der Waals surface area contributed by atoms with E-state index in [1.54, 1.807) is 23.9 Å². The Morgan fingerprint density at radius 1 is 1.65 bits per heavy atom. The van der Waals surface area contributed by atoms with Gasteiger partial charge in [-0.05, 0) is 12.1 Å². The average molecular weight is 254 g/mol. The van der Waals surface area contributed by atoms with Gasteiger partial charge in [-0.2, -0.15) is 0 Å². The average Bonchev–Trinajstić information content (AvgIpc) is 2.81. The predicted molar refractivity (Wildman–Crippen MR) is 66.4 cm³/mol. The van der Waals surface area contributed by atoms with E-state index in [0.29, 0.717) is 5.75 Å². The minimum atomic E-state index is -0.294. The molecule has 1 aromatic rings. The zero-order valence-electron chi connectivity index (χ0n) is 9.40. The molecule has 0 aromatic heterocycles. The van der Waals surface area contributed by atoms with E-state index >= 15 is 0 Å². The summed E-state index contributed by atoms with van der Waals surface area (Å²) in [4.78, 5) is 11.9. The van der Waals surface area contributed by atoms with Gasteiger partial charge in [0.05, 0.1) is 12.7 Å². The van der Waals surface area contributed by atoms with Gasteiger partial charge in [0.2, 0.25) is 0 Å². The van der Waals surface area contributed by atoms with Crippen molar-refractivity contribution >= 4 is 17.7 Å². The quantitative estimate of drug-likeness (QED) is 0.742. The van der Waals surface area contributed by atoms with Gasteiger partial charge in [-0.15, -0.1) is 11.8 Å². The second-order valence-electron chi connectivity index (χ2n) is 3.56. The molecule has 0 aliphatic carbocycles. The van der Waals surface area contributed by atoms with Gasteiger partial charge in [-0.1, -0.05) is 0 Å². The van der Waals surface area contributed by atoms with Crippen LogP contribution in [0.5, 0.6) is 11.5 Å². The normalized spacial score (nSPS) is 19.0. The molecule has 0 bridgehead atoms. The summed E-state index contributed by atoms with van der Waals surface area (Å²) >= 11 is 1.63. The van der Waals surface area contributed by atoms with Gasteiger partial charge >= 0.3 is 0 Å². The van der Waals surface area contributed by atoms with Gasteiger partial charge in [0.1, 0.15) is 17.0 Å². The molecule has 1 saturated heterocycles. The predicted octanol–water partition coefficient (Wildman–Crippen LogP) is 0.751. The van der Waals surface area contributed by atoms with Crippen LogP contribution in [0.3, 0.4) is 0 Å². The first kappa shape index (κ1) is 12.1. The third-order valence-electron chi connectivity index (χ3n) is 2.43. The van der Waals surface area contributed by atoms with Crippen LogP contribution in [-0.2, 0) is 0 Å². The minimum Gasteiger partial charge on any atom is -0.507 e. The van der Waals surface area contributed by atoms with Gasteiger partial charge in [0.15, 0.2) is 0 Å². The second-order valence-corrected chi connectivity index (χ2v) is 4.77. The molecule has 2 rings (SSSR count). The molecule has 1 heterocycles. The van der Waals surface area contributed by atoms with Crippen LogP contribution in [-0.4, -0.2) is 35.9 Å². The Bertz CT molecular complexity index is 419. The van der Waals surface area contributed by atoms with Crippen molar-refractivity contribution in [1.29, 1.82) is 0 Å². The summed E-state index contributed by atoms with van der Waals surface area (Å²) in [6.07, 6.45) is 0. The van der Waals surface area contributed by atoms with E-state index in [4.69, 9.17) is 4.74 Å². The molecule has 1 unspecified atom stereocenters. The molecule has 3 N–H and O–H groups in total. The number of aromatic hydroxyl groups is 1. The van der Waals surface area contributed by atoms with Gasteiger partial charge in [0.25, 0.3) is 5.91 Å². The third-order valence-corrected chi connectivity index (χ3v) is 3.49. The van der Waals surface area contributed by atoms with Crippen molar-refractivity contribution in [3.63, 3.8) is 0 Å². The lowest BCUT2D eigenvalue weighted by Gasteiger charge is -2.13. The molecule has 1 amide bonds. The number of benzene rings is 1. The van der Waals surface area contributed by atoms with Crippen molar-refractivity contribution in [3.8, 4) is 11.5 Å². The molecule has 1 aliphatic rings. The maximum Gasteiger partial charge on any atom is 0.256 e. The highest BCUT2D eigenvalue weighted by atomic mass is 32.2. The molecule has 1 aliphatic heterocycles. The first-order valence-electron chi connectivity index (χ1n) is 5.23. The zero-order valence-corrected chi connectivity index (χ0v) is 10.2. The number of phenolic OH excluding ortho intramolecular Hbond substituents is 1. The number of amides is 1. The Morgan fingerprint density at radius 3 is 3.06 bits per heavy atom. The lowest BCUT2D eigenvalue weighted by atomic mass is 10.2. The Hall–Kier alpha value is -1.40. The third kappa shape index (κ3) is 2.83. The number of phenols is 1. The van der Waals surface area contributed by atoms with Crippen molar-refractivity contribution in [1.82, 2.24) is 10.6 Å². The highest BCUT2D eigenvalue weighted by Crippen LogP contribution is 2.23. The van der Waals surface area contributed by atoms with Crippen LogP contribution < -0.4 is 15.4 Å². The summed E-state index contributed by atoms with van der Waals surface area (Å²) in [5.74, 6) is 1.12. The highest BCUT2D eigenvalue weighted by molar-refractivity contribution is 8.00. The molecule has 6 heteroatoms. The molecular weight excluding hydrogens is 240 g/mol. The zero-order chi connectivity index (χ0) is 12.3. The summed E-state index contributed by atoms with van der Waals surface area (Å²) in [7, 11) is 1.51. The Kier molecular flexibility index (Phi) is 3.75. The summed E-state index contributed by atoms with van der Waals surface area (Å²) in [5.41, 5.74) is 0.170. The van der Waals surface area contributed by atoms with Crippen molar-refractivity contribution in [2.45, 2.75) is 5.50 Å². The first-order chi connectivity index (χ1) is 8.20. The lowest BCUT2D eigenvalue weighted by Crippen LogP contribution is -2.39. The van der Waals surface area contributed by atoms with E-state index in [-0.39, 0.29) is 22.7 Å². The Balaban J connectivity index is 2.07. The first-order valence-corrected chi connectivity index (χ1v) is 6.28. The van der Waals surface area contributed by atoms with Crippen molar-refractivity contribution in [2.75, 3.05) is 19.4 Å². The monoisotopic (exact) mass is 254 g/mol. The van der Waals surface area contributed by atoms with Crippen molar-refractivity contribution in [2.24, 2.45) is 0 Å². The number of hydrogen-bond donors (Lipinski definition) is 3. The van der Waals surface area contributed by atoms with E-state index in [0.717, 1.165) is 12.3 Å². The van der Waals surface area contributed by atoms with Crippen molar-refractivity contribution < 1.29 is 14.6 Å². The number of thioether (sulfide) groups is 1. The van der Waals surface area contributed by atoms with Gasteiger partial charge in [-0.25, -0.2) is 0 Å². The number of rotatable bonds is 3. The highest BCUT2D eigenvalue weighted by Gasteiger charge is 2.19. The largest absolute Gasteiger partial charge is 0.507 e. The molecule has 17 heavy (non-hydrogen) atoms. The Morgan fingerprint density at radius 2 is 2.47 bits per heavy atom. The molecule has 0 spiro atoms. The fourth-order valence-electron chi connectivity index (χ4n) is 1.55. The van der Waals surface area contributed by atoms with E-state index in [1.165, 1.54) is 13.2 Å². The number of ether oxygens (including phenoxy) is 1. The molecule has 1 aromatic carbocycles. The van der Waals surface area contributed by atoms with Gasteiger partial charge < -0.3 is 15.2 Å². The van der Waals surface area contributed by atoms with E-state index < -0.39 is 0 Å². The molecule has 5 nitrogen and oxygen atoms in total. The smallest absolute Gasteiger partial charge is 0.256 e. The fraction of sp³-hybridized carbons (Fsp3) is 0.364. The Labute approximate surface area is 104 Å². The lowest BCUT2D eigenvalue weighted by molar-refractivity contribution is 0.0944. The fourth-order valence-corrected chi connectivity index (χ4v) is 2.44. The number of carbonyl (C=O) groups excluding carboxylic acids is 1. The van der Waals surface area contributed by atoms with E-state index in [2.05, 4.69) is 10.6 Å². The van der Waals surface area contributed by atoms with E-state index in [1.807, 2.05) is 0 Å². The molecule has 0 saturated carbocycles. The molecule has 1 fully saturated rings. The molecule has 0 radical (unpaired) electrons. The topological polar surface area (TPSA) is 70.6 Å². The van der Waals surface area contributed by atoms with Gasteiger partial charge in [-0.3, -0.25) is 10.1 Å². The van der Waals surface area contributed by atoms with Crippen LogP contribution >= 0.6 is 11.8 Å². The SMILES string of the molecule is COc1ccc(C(=O)NC2NCCS2)c(O)c1. The van der Waals surface area contributed by atoms with Gasteiger partial charge in [0, 0.05) is 18.4 Å². The number of hydrogen-bond acceptors (Lipinski definition) is 5. The molecule has 92 valence electrons. The number of carbonyl (C=O) groups is 1.